The zero-order valence-electron chi connectivity index (χ0n) is 11.6. The van der Waals surface area contributed by atoms with Gasteiger partial charge >= 0.3 is 5.97 Å². The predicted octanol–water partition coefficient (Wildman–Crippen LogP) is 3.73. The topological polar surface area (TPSA) is 92.8 Å². The molecule has 0 saturated heterocycles. The predicted molar refractivity (Wildman–Crippen MR) is 84.4 cm³/mol. The zero-order valence-corrected chi connectivity index (χ0v) is 13.1. The van der Waals surface area contributed by atoms with E-state index in [4.69, 9.17) is 9.26 Å². The molecule has 1 aromatic heterocycles. The number of hydrogen-bond acceptors (Lipinski definition) is 6. The smallest absolute Gasteiger partial charge is 0.343 e. The second-order valence-electron chi connectivity index (χ2n) is 4.61. The van der Waals surface area contributed by atoms with E-state index in [1.54, 1.807) is 24.3 Å². The standard InChI is InChI=1S/C16H10BrNO5/c17-10-2-3-11(14-5-6-18-23-14)15(8-10)22-16(21)9-1-4-12(19)13(20)7-9/h1-8,19-20H. The third-order valence-corrected chi connectivity index (χ3v) is 3.55. The second-order valence-corrected chi connectivity index (χ2v) is 5.53. The molecule has 0 atom stereocenters. The van der Waals surface area contributed by atoms with Crippen LogP contribution in [0.3, 0.4) is 0 Å². The van der Waals surface area contributed by atoms with Crippen LogP contribution in [-0.2, 0) is 0 Å². The quantitative estimate of drug-likeness (QED) is 0.411. The highest BCUT2D eigenvalue weighted by Crippen LogP contribution is 2.33. The maximum atomic E-state index is 12.2. The highest BCUT2D eigenvalue weighted by molar-refractivity contribution is 9.10. The number of halogens is 1. The van der Waals surface area contributed by atoms with E-state index in [1.807, 2.05) is 0 Å². The van der Waals surface area contributed by atoms with Crippen LogP contribution >= 0.6 is 15.9 Å². The second kappa shape index (κ2) is 6.13. The fraction of sp³-hybridized carbons (Fsp3) is 0. The van der Waals surface area contributed by atoms with Crippen molar-refractivity contribution in [3.05, 3.63) is 58.7 Å². The molecule has 0 fully saturated rings. The first-order valence-corrected chi connectivity index (χ1v) is 7.28. The van der Waals surface area contributed by atoms with Gasteiger partial charge in [0.25, 0.3) is 0 Å². The maximum absolute atomic E-state index is 12.2. The molecule has 6 nitrogen and oxygen atoms in total. The Hall–Kier alpha value is -2.80. The molecule has 0 amide bonds. The molecule has 7 heteroatoms. The first-order valence-electron chi connectivity index (χ1n) is 6.49. The van der Waals surface area contributed by atoms with E-state index in [1.165, 1.54) is 18.3 Å². The van der Waals surface area contributed by atoms with E-state index >= 15 is 0 Å². The number of phenols is 2. The van der Waals surface area contributed by atoms with Gasteiger partial charge in [-0.2, -0.15) is 0 Å². The lowest BCUT2D eigenvalue weighted by Gasteiger charge is -2.09. The van der Waals surface area contributed by atoms with Crippen molar-refractivity contribution in [3.63, 3.8) is 0 Å². The molecular formula is C16H10BrNO5. The van der Waals surface area contributed by atoms with E-state index in [2.05, 4.69) is 21.1 Å². The Balaban J connectivity index is 1.94. The van der Waals surface area contributed by atoms with Crippen LogP contribution in [0.1, 0.15) is 10.4 Å². The minimum atomic E-state index is -0.681. The summed E-state index contributed by atoms with van der Waals surface area (Å²) < 4.78 is 11.2. The lowest BCUT2D eigenvalue weighted by molar-refractivity contribution is 0.0735. The Bertz CT molecular complexity index is 861. The molecule has 116 valence electrons. The van der Waals surface area contributed by atoms with Gasteiger partial charge in [0.1, 0.15) is 5.75 Å². The number of phenolic OH excluding ortho intramolecular Hbond substituents is 2. The average molecular weight is 376 g/mol. The number of hydrogen-bond donors (Lipinski definition) is 2. The molecule has 0 saturated carbocycles. The number of ether oxygens (including phenoxy) is 1. The SMILES string of the molecule is O=C(Oc1cc(Br)ccc1-c1ccno1)c1ccc(O)c(O)c1. The number of rotatable bonds is 3. The van der Waals surface area contributed by atoms with Gasteiger partial charge in [0.15, 0.2) is 17.3 Å². The Labute approximate surface area is 139 Å². The first kappa shape index (κ1) is 15.1. The molecule has 0 bridgehead atoms. The average Bonchev–Trinajstić information content (AvgIpc) is 3.04. The van der Waals surface area contributed by atoms with Crippen molar-refractivity contribution in [2.45, 2.75) is 0 Å². The summed E-state index contributed by atoms with van der Waals surface area (Å²) in [6.45, 7) is 0. The summed E-state index contributed by atoms with van der Waals surface area (Å²) in [6, 6.07) is 10.5. The van der Waals surface area contributed by atoms with Crippen LogP contribution in [0, 0.1) is 0 Å². The fourth-order valence-corrected chi connectivity index (χ4v) is 2.29. The highest BCUT2D eigenvalue weighted by atomic mass is 79.9. The molecule has 3 rings (SSSR count). The molecular weight excluding hydrogens is 366 g/mol. The van der Waals surface area contributed by atoms with Crippen molar-refractivity contribution in [2.75, 3.05) is 0 Å². The van der Waals surface area contributed by atoms with Crippen molar-refractivity contribution in [3.8, 4) is 28.6 Å². The van der Waals surface area contributed by atoms with Gasteiger partial charge < -0.3 is 19.5 Å². The minimum absolute atomic E-state index is 0.101. The summed E-state index contributed by atoms with van der Waals surface area (Å²) in [5.74, 6) is -0.669. The lowest BCUT2D eigenvalue weighted by Crippen LogP contribution is -2.09. The summed E-state index contributed by atoms with van der Waals surface area (Å²) >= 11 is 3.32. The van der Waals surface area contributed by atoms with Gasteiger partial charge in [0.05, 0.1) is 17.3 Å². The fourth-order valence-electron chi connectivity index (χ4n) is 1.95. The molecule has 0 aliphatic rings. The first-order chi connectivity index (χ1) is 11.0. The van der Waals surface area contributed by atoms with E-state index in [0.717, 1.165) is 10.5 Å². The summed E-state index contributed by atoms with van der Waals surface area (Å²) in [7, 11) is 0. The van der Waals surface area contributed by atoms with Crippen LogP contribution in [0.15, 0.2) is 57.7 Å². The van der Waals surface area contributed by atoms with Crippen LogP contribution in [0.2, 0.25) is 0 Å². The number of aromatic nitrogens is 1. The van der Waals surface area contributed by atoms with Crippen LogP contribution in [0.4, 0.5) is 0 Å². The summed E-state index contributed by atoms with van der Waals surface area (Å²) in [5, 5.41) is 22.4. The van der Waals surface area contributed by atoms with E-state index in [-0.39, 0.29) is 17.1 Å². The van der Waals surface area contributed by atoms with Crippen LogP contribution in [0.25, 0.3) is 11.3 Å². The number of esters is 1. The maximum Gasteiger partial charge on any atom is 0.343 e. The number of carbonyl (C=O) groups is 1. The molecule has 23 heavy (non-hydrogen) atoms. The molecule has 0 unspecified atom stereocenters. The largest absolute Gasteiger partial charge is 0.504 e. The van der Waals surface area contributed by atoms with E-state index < -0.39 is 11.7 Å². The number of carbonyl (C=O) groups excluding carboxylic acids is 1. The molecule has 0 aliphatic heterocycles. The molecule has 0 spiro atoms. The van der Waals surface area contributed by atoms with Crippen LogP contribution in [0.5, 0.6) is 17.2 Å². The van der Waals surface area contributed by atoms with Crippen molar-refractivity contribution < 1.29 is 24.3 Å². The Morgan fingerprint density at radius 2 is 1.91 bits per heavy atom. The number of aromatic hydroxyl groups is 2. The van der Waals surface area contributed by atoms with Gasteiger partial charge in [-0.1, -0.05) is 21.1 Å². The van der Waals surface area contributed by atoms with E-state index in [9.17, 15) is 15.0 Å². The molecule has 1 heterocycles. The van der Waals surface area contributed by atoms with Crippen molar-refractivity contribution in [1.29, 1.82) is 0 Å². The van der Waals surface area contributed by atoms with Gasteiger partial charge in [-0.25, -0.2) is 4.79 Å². The number of nitrogens with zero attached hydrogens (tertiary/aromatic N) is 1. The summed E-state index contributed by atoms with van der Waals surface area (Å²) in [5.41, 5.74) is 0.658. The zero-order chi connectivity index (χ0) is 16.4. The van der Waals surface area contributed by atoms with Crippen LogP contribution in [-0.4, -0.2) is 21.3 Å². The molecule has 0 aliphatic carbocycles. The molecule has 0 radical (unpaired) electrons. The molecule has 2 aromatic carbocycles. The Morgan fingerprint density at radius 3 is 2.61 bits per heavy atom. The van der Waals surface area contributed by atoms with Gasteiger partial charge in [0, 0.05) is 10.5 Å². The van der Waals surface area contributed by atoms with Gasteiger partial charge in [-0.05, 0) is 36.4 Å². The minimum Gasteiger partial charge on any atom is -0.504 e. The van der Waals surface area contributed by atoms with Crippen LogP contribution < -0.4 is 4.74 Å². The molecule has 3 aromatic rings. The summed E-state index contributed by atoms with van der Waals surface area (Å²) in [4.78, 5) is 12.2. The lowest BCUT2D eigenvalue weighted by atomic mass is 10.1. The van der Waals surface area contributed by atoms with Gasteiger partial charge in [-0.15, -0.1) is 0 Å². The van der Waals surface area contributed by atoms with E-state index in [0.29, 0.717) is 11.3 Å². The Kier molecular flexibility index (Phi) is 4.03. The summed E-state index contributed by atoms with van der Waals surface area (Å²) in [6.07, 6.45) is 1.49. The Morgan fingerprint density at radius 1 is 1.09 bits per heavy atom. The van der Waals surface area contributed by atoms with Gasteiger partial charge in [-0.3, -0.25) is 0 Å². The van der Waals surface area contributed by atoms with Crippen molar-refractivity contribution >= 4 is 21.9 Å². The van der Waals surface area contributed by atoms with Crippen molar-refractivity contribution in [1.82, 2.24) is 5.16 Å². The third kappa shape index (κ3) is 3.19. The molecule has 2 N–H and O–H groups in total. The highest BCUT2D eigenvalue weighted by Gasteiger charge is 2.16. The normalized spacial score (nSPS) is 10.5. The van der Waals surface area contributed by atoms with Gasteiger partial charge in [0.2, 0.25) is 0 Å². The number of benzene rings is 2. The third-order valence-electron chi connectivity index (χ3n) is 3.06. The van der Waals surface area contributed by atoms with Crippen molar-refractivity contribution in [2.24, 2.45) is 0 Å². The monoisotopic (exact) mass is 375 g/mol.